The zero-order chi connectivity index (χ0) is 23.5. The van der Waals surface area contributed by atoms with E-state index in [0.717, 1.165) is 33.5 Å². The Morgan fingerprint density at radius 1 is 0.400 bits per heavy atom. The van der Waals surface area contributed by atoms with Crippen LogP contribution < -0.4 is 4.90 Å². The topological polar surface area (TPSA) is 29.0 Å². The van der Waals surface area contributed by atoms with Gasteiger partial charge in [-0.3, -0.25) is 4.90 Å². The van der Waals surface area contributed by atoms with Crippen LogP contribution in [0.2, 0.25) is 0 Å². The van der Waals surface area contributed by atoms with E-state index in [9.17, 15) is 0 Å². The molecule has 0 radical (unpaired) electrons. The molecule has 0 atom stereocenters. The van der Waals surface area contributed by atoms with Crippen molar-refractivity contribution in [3.05, 3.63) is 140 Å². The first-order valence-corrected chi connectivity index (χ1v) is 11.7. The van der Waals surface area contributed by atoms with Gasteiger partial charge < -0.3 is 0 Å². The van der Waals surface area contributed by atoms with Crippen molar-refractivity contribution in [3.63, 3.8) is 0 Å². The lowest BCUT2D eigenvalue weighted by atomic mass is 10.1. The van der Waals surface area contributed by atoms with Crippen molar-refractivity contribution in [2.75, 3.05) is 4.90 Å². The number of nitrogens with zero attached hydrogens (tertiary/aromatic N) is 3. The summed E-state index contributed by atoms with van der Waals surface area (Å²) in [5.41, 5.74) is 7.29. The molecular formula is C32H23N3. The predicted molar refractivity (Wildman–Crippen MR) is 145 cm³/mol. The number of rotatable bonds is 5. The van der Waals surface area contributed by atoms with E-state index in [1.165, 1.54) is 11.1 Å². The van der Waals surface area contributed by atoms with Gasteiger partial charge in [0.05, 0.1) is 11.2 Å². The first-order valence-electron chi connectivity index (χ1n) is 11.7. The number of fused-ring (bicyclic) bond motifs is 1. The van der Waals surface area contributed by atoms with Gasteiger partial charge in [-0.25, -0.2) is 9.97 Å². The Hall–Kier alpha value is -4.76. The van der Waals surface area contributed by atoms with Gasteiger partial charge in [0.25, 0.3) is 0 Å². The summed E-state index contributed by atoms with van der Waals surface area (Å²) in [5, 5.41) is 1.04. The van der Waals surface area contributed by atoms with Crippen LogP contribution in [0.25, 0.3) is 33.3 Å². The van der Waals surface area contributed by atoms with Crippen LogP contribution in [0.3, 0.4) is 0 Å². The van der Waals surface area contributed by atoms with Gasteiger partial charge >= 0.3 is 0 Å². The van der Waals surface area contributed by atoms with Gasteiger partial charge in [0, 0.05) is 22.3 Å². The molecule has 0 fully saturated rings. The maximum absolute atomic E-state index is 5.12. The summed E-state index contributed by atoms with van der Waals surface area (Å²) < 4.78 is 0. The number of hydrogen-bond acceptors (Lipinski definition) is 3. The molecule has 0 saturated heterocycles. The Morgan fingerprint density at radius 2 is 0.914 bits per heavy atom. The first kappa shape index (κ1) is 20.8. The van der Waals surface area contributed by atoms with Crippen molar-refractivity contribution in [1.82, 2.24) is 9.97 Å². The van der Waals surface area contributed by atoms with Crippen LogP contribution in [0.5, 0.6) is 0 Å². The maximum atomic E-state index is 5.12. The van der Waals surface area contributed by atoms with E-state index in [1.54, 1.807) is 0 Å². The average molecular weight is 450 g/mol. The highest BCUT2D eigenvalue weighted by Crippen LogP contribution is 2.36. The van der Waals surface area contributed by atoms with Crippen molar-refractivity contribution >= 4 is 28.2 Å². The van der Waals surface area contributed by atoms with E-state index >= 15 is 0 Å². The molecule has 1 aromatic heterocycles. The minimum Gasteiger partial charge on any atom is -0.279 e. The first-order chi connectivity index (χ1) is 17.4. The van der Waals surface area contributed by atoms with Gasteiger partial charge in [0.1, 0.15) is 0 Å². The summed E-state index contributed by atoms with van der Waals surface area (Å²) in [5.74, 6) is 0.640. The van der Waals surface area contributed by atoms with E-state index < -0.39 is 0 Å². The Kier molecular flexibility index (Phi) is 5.50. The molecule has 0 aliphatic heterocycles. The molecule has 0 amide bonds. The van der Waals surface area contributed by atoms with Crippen molar-refractivity contribution < 1.29 is 0 Å². The number of para-hydroxylation sites is 2. The molecular weight excluding hydrogens is 426 g/mol. The molecule has 166 valence electrons. The molecule has 0 unspecified atom stereocenters. The number of aromatic nitrogens is 2. The van der Waals surface area contributed by atoms with Crippen LogP contribution in [0.4, 0.5) is 17.3 Å². The number of anilines is 3. The summed E-state index contributed by atoms with van der Waals surface area (Å²) in [7, 11) is 0. The molecule has 0 spiro atoms. The highest BCUT2D eigenvalue weighted by Gasteiger charge is 2.18. The van der Waals surface area contributed by atoms with Crippen LogP contribution in [0.15, 0.2) is 140 Å². The molecule has 0 aliphatic carbocycles. The fourth-order valence-electron chi connectivity index (χ4n) is 4.37. The lowest BCUT2D eigenvalue weighted by Gasteiger charge is -2.24. The van der Waals surface area contributed by atoms with Crippen molar-refractivity contribution in [1.29, 1.82) is 0 Å². The largest absolute Gasteiger partial charge is 0.279 e. The van der Waals surface area contributed by atoms with Gasteiger partial charge in [0.15, 0.2) is 0 Å². The fraction of sp³-hybridized carbons (Fsp3) is 0. The minimum atomic E-state index is 0.640. The summed E-state index contributed by atoms with van der Waals surface area (Å²) >= 11 is 0. The van der Waals surface area contributed by atoms with Gasteiger partial charge in [0.2, 0.25) is 5.95 Å². The van der Waals surface area contributed by atoms with Gasteiger partial charge in [-0.1, -0.05) is 109 Å². The quantitative estimate of drug-likeness (QED) is 0.264. The van der Waals surface area contributed by atoms with Crippen molar-refractivity contribution in [2.24, 2.45) is 0 Å². The lowest BCUT2D eigenvalue weighted by Crippen LogP contribution is -2.14. The summed E-state index contributed by atoms with van der Waals surface area (Å²) in [4.78, 5) is 12.2. The highest BCUT2D eigenvalue weighted by atomic mass is 15.3. The van der Waals surface area contributed by atoms with Gasteiger partial charge in [-0.05, 0) is 41.5 Å². The van der Waals surface area contributed by atoms with E-state index in [0.29, 0.717) is 5.95 Å². The van der Waals surface area contributed by atoms with Crippen LogP contribution in [-0.4, -0.2) is 9.97 Å². The molecule has 0 aliphatic rings. The second-order valence-corrected chi connectivity index (χ2v) is 8.34. The van der Waals surface area contributed by atoms with E-state index in [4.69, 9.17) is 9.97 Å². The number of benzene rings is 5. The second-order valence-electron chi connectivity index (χ2n) is 8.34. The molecule has 6 rings (SSSR count). The predicted octanol–water partition coefficient (Wildman–Crippen LogP) is 8.43. The Labute approximate surface area is 205 Å². The van der Waals surface area contributed by atoms with Crippen LogP contribution >= 0.6 is 0 Å². The molecule has 3 heteroatoms. The number of hydrogen-bond donors (Lipinski definition) is 0. The Morgan fingerprint density at radius 3 is 1.60 bits per heavy atom. The standard InChI is InChI=1S/C32H23N3/c1-4-12-24(13-5-1)25-20-22-28(23-21-25)35(27-16-8-3-9-17-27)32-33-30-19-11-10-18-29(30)31(34-32)26-14-6-2-7-15-26/h1-23H. The Balaban J connectivity index is 1.53. The second kappa shape index (κ2) is 9.24. The fourth-order valence-corrected chi connectivity index (χ4v) is 4.37. The molecule has 3 nitrogen and oxygen atoms in total. The third-order valence-electron chi connectivity index (χ3n) is 6.09. The van der Waals surface area contributed by atoms with E-state index in [1.807, 2.05) is 54.6 Å². The highest BCUT2D eigenvalue weighted by molar-refractivity contribution is 5.94. The van der Waals surface area contributed by atoms with Crippen molar-refractivity contribution in [2.45, 2.75) is 0 Å². The molecule has 5 aromatic carbocycles. The smallest absolute Gasteiger partial charge is 0.235 e. The summed E-state index contributed by atoms with van der Waals surface area (Å²) in [6.07, 6.45) is 0. The lowest BCUT2D eigenvalue weighted by molar-refractivity contribution is 1.11. The molecule has 1 heterocycles. The minimum absolute atomic E-state index is 0.640. The van der Waals surface area contributed by atoms with Crippen LogP contribution in [-0.2, 0) is 0 Å². The summed E-state index contributed by atoms with van der Waals surface area (Å²) in [6, 6.07) is 47.8. The van der Waals surface area contributed by atoms with Crippen LogP contribution in [0.1, 0.15) is 0 Å². The molecule has 0 bridgehead atoms. The van der Waals surface area contributed by atoms with E-state index in [2.05, 4.69) is 89.8 Å². The normalized spacial score (nSPS) is 10.9. The zero-order valence-corrected chi connectivity index (χ0v) is 19.1. The van der Waals surface area contributed by atoms with Gasteiger partial charge in [-0.15, -0.1) is 0 Å². The summed E-state index contributed by atoms with van der Waals surface area (Å²) in [6.45, 7) is 0. The van der Waals surface area contributed by atoms with Gasteiger partial charge in [-0.2, -0.15) is 0 Å². The maximum Gasteiger partial charge on any atom is 0.235 e. The van der Waals surface area contributed by atoms with Crippen molar-refractivity contribution in [3.8, 4) is 22.4 Å². The zero-order valence-electron chi connectivity index (χ0n) is 19.1. The molecule has 6 aromatic rings. The SMILES string of the molecule is c1ccc(-c2ccc(N(c3ccccc3)c3nc(-c4ccccc4)c4ccccc4n3)cc2)cc1. The molecule has 0 N–H and O–H groups in total. The Bertz CT molecular complexity index is 1560. The molecule has 0 saturated carbocycles. The monoisotopic (exact) mass is 449 g/mol. The molecule has 35 heavy (non-hydrogen) atoms. The third-order valence-corrected chi connectivity index (χ3v) is 6.09. The van der Waals surface area contributed by atoms with E-state index in [-0.39, 0.29) is 0 Å². The average Bonchev–Trinajstić information content (AvgIpc) is 2.95. The third kappa shape index (κ3) is 4.16. The van der Waals surface area contributed by atoms with Crippen LogP contribution in [0, 0.1) is 0 Å².